The minimum Gasteiger partial charge on any atom is -0.324 e. The van der Waals surface area contributed by atoms with Gasteiger partial charge in [-0.2, -0.15) is 5.10 Å². The second-order valence-corrected chi connectivity index (χ2v) is 4.21. The Morgan fingerprint density at radius 1 is 1.38 bits per heavy atom. The van der Waals surface area contributed by atoms with Gasteiger partial charge in [0.1, 0.15) is 0 Å². The third-order valence-electron chi connectivity index (χ3n) is 2.67. The van der Waals surface area contributed by atoms with E-state index in [-0.39, 0.29) is 6.04 Å². The van der Waals surface area contributed by atoms with E-state index >= 15 is 0 Å². The van der Waals surface area contributed by atoms with Crippen molar-refractivity contribution < 1.29 is 0 Å². The molecule has 0 amide bonds. The molecule has 0 bridgehead atoms. The first-order valence-corrected chi connectivity index (χ1v) is 5.46. The highest BCUT2D eigenvalue weighted by Gasteiger charge is 2.08. The third kappa shape index (κ3) is 2.49. The molecular weight excluding hydrogens is 198 g/mol. The molecule has 84 valence electrons. The van der Waals surface area contributed by atoms with Crippen molar-refractivity contribution in [3.05, 3.63) is 53.3 Å². The van der Waals surface area contributed by atoms with Gasteiger partial charge in [0.25, 0.3) is 0 Å². The van der Waals surface area contributed by atoms with E-state index < -0.39 is 0 Å². The topological polar surface area (TPSA) is 43.8 Å². The lowest BCUT2D eigenvalue weighted by atomic mass is 10.0. The molecule has 1 aromatic heterocycles. The van der Waals surface area contributed by atoms with Crippen molar-refractivity contribution in [1.29, 1.82) is 0 Å². The number of benzene rings is 1. The molecule has 3 nitrogen and oxygen atoms in total. The highest BCUT2D eigenvalue weighted by molar-refractivity contribution is 5.25. The highest BCUT2D eigenvalue weighted by Crippen LogP contribution is 2.16. The Labute approximate surface area is 95.9 Å². The second kappa shape index (κ2) is 4.49. The van der Waals surface area contributed by atoms with Gasteiger partial charge in [-0.1, -0.05) is 29.8 Å². The minimum atomic E-state index is 0.0230. The lowest BCUT2D eigenvalue weighted by Crippen LogP contribution is -2.13. The van der Waals surface area contributed by atoms with E-state index in [2.05, 4.69) is 30.2 Å². The van der Waals surface area contributed by atoms with Crippen LogP contribution in [0.5, 0.6) is 0 Å². The Kier molecular flexibility index (Phi) is 3.06. The van der Waals surface area contributed by atoms with E-state index in [1.165, 1.54) is 11.1 Å². The van der Waals surface area contributed by atoms with Crippen LogP contribution in [0.25, 0.3) is 0 Å². The van der Waals surface area contributed by atoms with Gasteiger partial charge in [-0.05, 0) is 18.6 Å². The highest BCUT2D eigenvalue weighted by atomic mass is 15.2. The molecule has 0 saturated heterocycles. The monoisotopic (exact) mass is 215 g/mol. The summed E-state index contributed by atoms with van der Waals surface area (Å²) in [5.74, 6) is 0. The Bertz CT molecular complexity index is 474. The summed E-state index contributed by atoms with van der Waals surface area (Å²) in [5, 5.41) is 4.34. The van der Waals surface area contributed by atoms with Gasteiger partial charge in [0.15, 0.2) is 0 Å². The third-order valence-corrected chi connectivity index (χ3v) is 2.67. The van der Waals surface area contributed by atoms with Crippen molar-refractivity contribution in [3.63, 3.8) is 0 Å². The molecule has 0 spiro atoms. The number of hydrogen-bond acceptors (Lipinski definition) is 2. The van der Waals surface area contributed by atoms with Crippen LogP contribution in [0.4, 0.5) is 0 Å². The molecule has 3 heteroatoms. The van der Waals surface area contributed by atoms with Crippen molar-refractivity contribution in [1.82, 2.24) is 9.78 Å². The van der Waals surface area contributed by atoms with Crippen LogP contribution in [0.1, 0.15) is 22.9 Å². The molecule has 0 fully saturated rings. The van der Waals surface area contributed by atoms with Gasteiger partial charge < -0.3 is 5.73 Å². The van der Waals surface area contributed by atoms with E-state index in [4.69, 9.17) is 5.73 Å². The molecular formula is C13H17N3. The summed E-state index contributed by atoms with van der Waals surface area (Å²) in [6.07, 6.45) is 2.72. The molecule has 1 aromatic carbocycles. The van der Waals surface area contributed by atoms with Gasteiger partial charge in [-0.15, -0.1) is 0 Å². The van der Waals surface area contributed by atoms with Crippen molar-refractivity contribution in [2.24, 2.45) is 12.8 Å². The molecule has 2 rings (SSSR count). The Morgan fingerprint density at radius 2 is 2.19 bits per heavy atom. The number of aryl methyl sites for hydroxylation is 2. The molecule has 0 aliphatic rings. The van der Waals surface area contributed by atoms with Crippen molar-refractivity contribution in [2.45, 2.75) is 19.4 Å². The molecule has 1 unspecified atom stereocenters. The van der Waals surface area contributed by atoms with Gasteiger partial charge >= 0.3 is 0 Å². The zero-order valence-electron chi connectivity index (χ0n) is 9.72. The normalized spacial score (nSPS) is 12.7. The number of rotatable bonds is 3. The SMILES string of the molecule is Cc1cccc(C(N)Cc2ccn(C)n2)c1. The van der Waals surface area contributed by atoms with Gasteiger partial charge in [0.05, 0.1) is 5.69 Å². The van der Waals surface area contributed by atoms with Crippen molar-refractivity contribution in [3.8, 4) is 0 Å². The predicted octanol–water partition coefficient (Wildman–Crippen LogP) is 1.97. The maximum absolute atomic E-state index is 6.16. The zero-order chi connectivity index (χ0) is 11.5. The largest absolute Gasteiger partial charge is 0.324 e. The van der Waals surface area contributed by atoms with E-state index in [1.54, 1.807) is 4.68 Å². The molecule has 0 radical (unpaired) electrons. The summed E-state index contributed by atoms with van der Waals surface area (Å²) in [6, 6.07) is 10.4. The molecule has 2 N–H and O–H groups in total. The first-order chi connectivity index (χ1) is 7.65. The van der Waals surface area contributed by atoms with E-state index in [0.29, 0.717) is 0 Å². The number of hydrogen-bond donors (Lipinski definition) is 1. The Hall–Kier alpha value is -1.61. The first-order valence-electron chi connectivity index (χ1n) is 5.46. The Balaban J connectivity index is 2.11. The molecule has 0 aliphatic heterocycles. The van der Waals surface area contributed by atoms with Gasteiger partial charge in [0, 0.05) is 25.7 Å². The van der Waals surface area contributed by atoms with Crippen LogP contribution in [-0.2, 0) is 13.5 Å². The van der Waals surface area contributed by atoms with Crippen LogP contribution in [0, 0.1) is 6.92 Å². The van der Waals surface area contributed by atoms with Crippen LogP contribution in [0.3, 0.4) is 0 Å². The lowest BCUT2D eigenvalue weighted by Gasteiger charge is -2.10. The molecule has 16 heavy (non-hydrogen) atoms. The average molecular weight is 215 g/mol. The van der Waals surface area contributed by atoms with Gasteiger partial charge in [-0.25, -0.2) is 0 Å². The second-order valence-electron chi connectivity index (χ2n) is 4.21. The van der Waals surface area contributed by atoms with E-state index in [9.17, 15) is 0 Å². The van der Waals surface area contributed by atoms with E-state index in [1.807, 2.05) is 25.4 Å². The molecule has 1 heterocycles. The standard InChI is InChI=1S/C13H17N3/c1-10-4-3-5-11(8-10)13(14)9-12-6-7-16(2)15-12/h3-8,13H,9,14H2,1-2H3. The molecule has 0 aliphatic carbocycles. The average Bonchev–Trinajstić information content (AvgIpc) is 2.64. The predicted molar refractivity (Wildman–Crippen MR) is 65.0 cm³/mol. The Morgan fingerprint density at radius 3 is 2.81 bits per heavy atom. The minimum absolute atomic E-state index is 0.0230. The molecule has 1 atom stereocenters. The number of aromatic nitrogens is 2. The summed E-state index contributed by atoms with van der Waals surface area (Å²) in [5.41, 5.74) is 9.61. The van der Waals surface area contributed by atoms with Crippen molar-refractivity contribution >= 4 is 0 Å². The fourth-order valence-electron chi connectivity index (χ4n) is 1.82. The van der Waals surface area contributed by atoms with Crippen LogP contribution in [0.15, 0.2) is 36.5 Å². The van der Waals surface area contributed by atoms with Crippen LogP contribution < -0.4 is 5.73 Å². The fraction of sp³-hybridized carbons (Fsp3) is 0.308. The molecule has 0 saturated carbocycles. The van der Waals surface area contributed by atoms with Crippen LogP contribution in [-0.4, -0.2) is 9.78 Å². The summed E-state index contributed by atoms with van der Waals surface area (Å²) in [6.45, 7) is 2.08. The van der Waals surface area contributed by atoms with Crippen LogP contribution in [0.2, 0.25) is 0 Å². The number of nitrogens with two attached hydrogens (primary N) is 1. The summed E-state index contributed by atoms with van der Waals surface area (Å²) in [4.78, 5) is 0. The van der Waals surface area contributed by atoms with Gasteiger partial charge in [0.2, 0.25) is 0 Å². The van der Waals surface area contributed by atoms with Gasteiger partial charge in [-0.3, -0.25) is 4.68 Å². The molecule has 2 aromatic rings. The maximum Gasteiger partial charge on any atom is 0.0643 e. The summed E-state index contributed by atoms with van der Waals surface area (Å²) < 4.78 is 1.80. The van der Waals surface area contributed by atoms with E-state index in [0.717, 1.165) is 12.1 Å². The van der Waals surface area contributed by atoms with Crippen LogP contribution >= 0.6 is 0 Å². The smallest absolute Gasteiger partial charge is 0.0643 e. The lowest BCUT2D eigenvalue weighted by molar-refractivity contribution is 0.675. The zero-order valence-corrected chi connectivity index (χ0v) is 9.72. The van der Waals surface area contributed by atoms with Crippen molar-refractivity contribution in [2.75, 3.05) is 0 Å². The maximum atomic E-state index is 6.16. The first kappa shape index (κ1) is 10.9. The quantitative estimate of drug-likeness (QED) is 0.850. The summed E-state index contributed by atoms with van der Waals surface area (Å²) >= 11 is 0. The number of nitrogens with zero attached hydrogens (tertiary/aromatic N) is 2. The summed E-state index contributed by atoms with van der Waals surface area (Å²) in [7, 11) is 1.92. The fourth-order valence-corrected chi connectivity index (χ4v) is 1.82.